The van der Waals surface area contributed by atoms with Gasteiger partial charge in [-0.2, -0.15) is 0 Å². The van der Waals surface area contributed by atoms with Crippen LogP contribution in [0.1, 0.15) is 0 Å². The molecular weight excluding hydrogens is 807 g/mol. The molecule has 0 aromatic heterocycles. The van der Waals surface area contributed by atoms with Gasteiger partial charge in [0.2, 0.25) is 0 Å². The first kappa shape index (κ1) is 41.0. The Kier molecular flexibility index (Phi) is 11.5. The lowest BCUT2D eigenvalue weighted by Crippen LogP contribution is -2.09. The molecular formula is C66H47N. The molecule has 11 aromatic rings. The molecule has 0 radical (unpaired) electrons. The van der Waals surface area contributed by atoms with E-state index < -0.39 is 0 Å². The van der Waals surface area contributed by atoms with E-state index in [1.807, 2.05) is 0 Å². The number of hydrogen-bond acceptors (Lipinski definition) is 1. The minimum atomic E-state index is 1.08. The molecule has 0 aliphatic rings. The summed E-state index contributed by atoms with van der Waals surface area (Å²) in [6.07, 6.45) is 0. The molecule has 0 spiro atoms. The van der Waals surface area contributed by atoms with Gasteiger partial charge < -0.3 is 4.90 Å². The summed E-state index contributed by atoms with van der Waals surface area (Å²) in [6.45, 7) is 0. The fourth-order valence-corrected chi connectivity index (χ4v) is 9.24. The van der Waals surface area contributed by atoms with Crippen molar-refractivity contribution in [3.05, 3.63) is 285 Å². The molecule has 0 aliphatic carbocycles. The molecule has 0 heterocycles. The lowest BCUT2D eigenvalue weighted by Gasteiger charge is -2.26. The Labute approximate surface area is 394 Å². The van der Waals surface area contributed by atoms with Gasteiger partial charge in [0, 0.05) is 17.1 Å². The topological polar surface area (TPSA) is 3.24 Å². The third-order valence-corrected chi connectivity index (χ3v) is 12.7. The fourth-order valence-electron chi connectivity index (χ4n) is 9.24. The quantitative estimate of drug-likeness (QED) is 0.125. The SMILES string of the molecule is c1ccc(-c2ccc(-c3ccc(N(c4ccc(-c5ccc(-c6ccccc6)cc5-c5ccccc5)cc4)c4ccc(-c5ccc(-c6ccccc6)cc5-c5ccccc5)cc4)cc3)cc2)cc1. The van der Waals surface area contributed by atoms with Gasteiger partial charge in [-0.15, -0.1) is 0 Å². The maximum atomic E-state index is 2.36. The van der Waals surface area contributed by atoms with Crippen molar-refractivity contribution in [1.82, 2.24) is 0 Å². The van der Waals surface area contributed by atoms with Gasteiger partial charge in [0.05, 0.1) is 0 Å². The van der Waals surface area contributed by atoms with Crippen molar-refractivity contribution in [2.45, 2.75) is 0 Å². The standard InChI is InChI=1S/C66H47N/c1-6-16-48(17-7-1)51-26-28-52(29-27-51)53-30-38-60(39-31-53)67(61-40-32-56(33-41-61)63-44-36-58(49-18-8-2-9-19-49)46-65(63)54-22-12-4-13-23-54)62-42-34-57(35-43-62)64-45-37-59(50-20-10-3-11-21-50)47-66(64)55-24-14-5-15-25-55/h1-47H. The van der Waals surface area contributed by atoms with Crippen LogP contribution in [-0.2, 0) is 0 Å². The molecule has 0 unspecified atom stereocenters. The highest BCUT2D eigenvalue weighted by atomic mass is 15.1. The van der Waals surface area contributed by atoms with E-state index in [1.54, 1.807) is 0 Å². The van der Waals surface area contributed by atoms with E-state index in [4.69, 9.17) is 0 Å². The van der Waals surface area contributed by atoms with Crippen LogP contribution in [0.3, 0.4) is 0 Å². The van der Waals surface area contributed by atoms with Crippen molar-refractivity contribution in [3.8, 4) is 89.0 Å². The van der Waals surface area contributed by atoms with Crippen LogP contribution in [0.4, 0.5) is 17.1 Å². The maximum Gasteiger partial charge on any atom is 0.0462 e. The predicted molar refractivity (Wildman–Crippen MR) is 285 cm³/mol. The van der Waals surface area contributed by atoms with Gasteiger partial charge in [-0.05, 0) is 138 Å². The number of hydrogen-bond donors (Lipinski definition) is 0. The first-order valence-corrected chi connectivity index (χ1v) is 23.0. The number of nitrogens with zero attached hydrogens (tertiary/aromatic N) is 1. The Balaban J connectivity index is 0.972. The third-order valence-electron chi connectivity index (χ3n) is 12.7. The van der Waals surface area contributed by atoms with Crippen LogP contribution in [0.25, 0.3) is 89.0 Å². The van der Waals surface area contributed by atoms with Crippen molar-refractivity contribution in [2.24, 2.45) is 0 Å². The summed E-state index contributed by atoms with van der Waals surface area (Å²) in [5, 5.41) is 0. The zero-order valence-corrected chi connectivity index (χ0v) is 37.1. The van der Waals surface area contributed by atoms with Crippen LogP contribution in [0.2, 0.25) is 0 Å². The van der Waals surface area contributed by atoms with Gasteiger partial charge in [0.15, 0.2) is 0 Å². The van der Waals surface area contributed by atoms with Gasteiger partial charge in [0.1, 0.15) is 0 Å². The molecule has 67 heavy (non-hydrogen) atoms. The summed E-state index contributed by atoms with van der Waals surface area (Å²) in [7, 11) is 0. The summed E-state index contributed by atoms with van der Waals surface area (Å²) in [5.74, 6) is 0. The van der Waals surface area contributed by atoms with Crippen molar-refractivity contribution in [2.75, 3.05) is 4.90 Å². The smallest absolute Gasteiger partial charge is 0.0462 e. The van der Waals surface area contributed by atoms with E-state index in [9.17, 15) is 0 Å². The number of anilines is 3. The lowest BCUT2D eigenvalue weighted by atomic mass is 9.91. The van der Waals surface area contributed by atoms with Crippen molar-refractivity contribution in [1.29, 1.82) is 0 Å². The molecule has 0 N–H and O–H groups in total. The minimum Gasteiger partial charge on any atom is -0.311 e. The van der Waals surface area contributed by atoms with Gasteiger partial charge >= 0.3 is 0 Å². The van der Waals surface area contributed by atoms with E-state index in [2.05, 4.69) is 290 Å². The molecule has 1 nitrogen and oxygen atoms in total. The molecule has 0 saturated carbocycles. The Bertz CT molecular complexity index is 3190. The van der Waals surface area contributed by atoms with Crippen LogP contribution in [0, 0.1) is 0 Å². The average molecular weight is 854 g/mol. The summed E-state index contributed by atoms with van der Waals surface area (Å²) in [5.41, 5.74) is 22.4. The van der Waals surface area contributed by atoms with E-state index >= 15 is 0 Å². The van der Waals surface area contributed by atoms with Gasteiger partial charge in [-0.3, -0.25) is 0 Å². The van der Waals surface area contributed by atoms with E-state index in [0.717, 1.165) is 17.1 Å². The maximum absolute atomic E-state index is 2.36. The van der Waals surface area contributed by atoms with Crippen LogP contribution < -0.4 is 4.90 Å². The second-order valence-corrected chi connectivity index (χ2v) is 16.9. The highest BCUT2D eigenvalue weighted by Crippen LogP contribution is 2.42. The third kappa shape index (κ3) is 8.75. The van der Waals surface area contributed by atoms with Crippen LogP contribution in [0.15, 0.2) is 285 Å². The van der Waals surface area contributed by atoms with E-state index in [1.165, 1.54) is 89.0 Å². The molecule has 0 aliphatic heterocycles. The lowest BCUT2D eigenvalue weighted by molar-refractivity contribution is 1.28. The van der Waals surface area contributed by atoms with Crippen molar-refractivity contribution >= 4 is 17.1 Å². The zero-order chi connectivity index (χ0) is 44.8. The molecule has 0 bridgehead atoms. The van der Waals surface area contributed by atoms with Crippen LogP contribution in [0.5, 0.6) is 0 Å². The normalized spacial score (nSPS) is 11.0. The summed E-state index contributed by atoms with van der Waals surface area (Å²) < 4.78 is 0. The predicted octanol–water partition coefficient (Wildman–Crippen LogP) is 18.5. The molecule has 0 amide bonds. The summed E-state index contributed by atoms with van der Waals surface area (Å²) in [4.78, 5) is 2.36. The largest absolute Gasteiger partial charge is 0.311 e. The molecule has 1 heteroatoms. The second kappa shape index (κ2) is 18.7. The van der Waals surface area contributed by atoms with Gasteiger partial charge in [-0.25, -0.2) is 0 Å². The molecule has 0 fully saturated rings. The Morgan fingerprint density at radius 2 is 0.358 bits per heavy atom. The number of rotatable bonds is 11. The number of benzene rings is 11. The first-order chi connectivity index (χ1) is 33.2. The van der Waals surface area contributed by atoms with Crippen molar-refractivity contribution < 1.29 is 0 Å². The molecule has 0 atom stereocenters. The Hall–Kier alpha value is -8.78. The van der Waals surface area contributed by atoms with Gasteiger partial charge in [0.25, 0.3) is 0 Å². The monoisotopic (exact) mass is 853 g/mol. The average Bonchev–Trinajstić information content (AvgIpc) is 3.42. The molecule has 316 valence electrons. The zero-order valence-electron chi connectivity index (χ0n) is 37.1. The summed E-state index contributed by atoms with van der Waals surface area (Å²) >= 11 is 0. The molecule has 11 aromatic carbocycles. The highest BCUT2D eigenvalue weighted by Gasteiger charge is 2.17. The molecule has 0 saturated heterocycles. The van der Waals surface area contributed by atoms with E-state index in [0.29, 0.717) is 0 Å². The van der Waals surface area contributed by atoms with E-state index in [-0.39, 0.29) is 0 Å². The van der Waals surface area contributed by atoms with Crippen LogP contribution in [-0.4, -0.2) is 0 Å². The first-order valence-electron chi connectivity index (χ1n) is 23.0. The summed E-state index contributed by atoms with van der Waals surface area (Å²) in [6, 6.07) is 103. The molecule has 11 rings (SSSR count). The minimum absolute atomic E-state index is 1.08. The highest BCUT2D eigenvalue weighted by molar-refractivity contribution is 5.90. The fraction of sp³-hybridized carbons (Fsp3) is 0. The van der Waals surface area contributed by atoms with Crippen molar-refractivity contribution in [3.63, 3.8) is 0 Å². The van der Waals surface area contributed by atoms with Crippen LogP contribution >= 0.6 is 0 Å². The van der Waals surface area contributed by atoms with Gasteiger partial charge in [-0.1, -0.05) is 237 Å². The Morgan fingerprint density at radius 3 is 0.672 bits per heavy atom. The Morgan fingerprint density at radius 1 is 0.149 bits per heavy atom. The second-order valence-electron chi connectivity index (χ2n) is 16.9.